The number of rotatable bonds is 7. The molecule has 0 bridgehead atoms. The zero-order valence-corrected chi connectivity index (χ0v) is 22.7. The van der Waals surface area contributed by atoms with Gasteiger partial charge in [-0.1, -0.05) is 35.2 Å². The molecule has 2 aromatic heterocycles. The van der Waals surface area contributed by atoms with Crippen molar-refractivity contribution >= 4 is 38.2 Å². The van der Waals surface area contributed by atoms with Gasteiger partial charge in [-0.3, -0.25) is 0 Å². The molecule has 1 N–H and O–H groups in total. The minimum atomic E-state index is -4.01. The normalized spacial score (nSPS) is 11.2. The van der Waals surface area contributed by atoms with Crippen LogP contribution in [0, 0.1) is 12.7 Å². The van der Waals surface area contributed by atoms with Gasteiger partial charge in [0.2, 0.25) is 0 Å². The van der Waals surface area contributed by atoms with E-state index in [0.29, 0.717) is 27.5 Å². The Labute approximate surface area is 235 Å². The second-order valence-electron chi connectivity index (χ2n) is 6.75. The molecule has 0 saturated carbocycles. The summed E-state index contributed by atoms with van der Waals surface area (Å²) in [7, 11) is -2.84. The minimum Gasteiger partial charge on any atom is -0.561 e. The number of hydrogen-bond donors (Lipinski definition) is 1. The van der Waals surface area contributed by atoms with Crippen molar-refractivity contribution in [1.82, 2.24) is 9.71 Å². The van der Waals surface area contributed by atoms with Gasteiger partial charge in [0, 0.05) is 35.0 Å². The van der Waals surface area contributed by atoms with Crippen LogP contribution in [0.4, 0.5) is 10.1 Å². The first-order valence-corrected chi connectivity index (χ1v) is 11.7. The van der Waals surface area contributed by atoms with E-state index in [-0.39, 0.29) is 74.6 Å². The Balaban J connectivity index is 0.00000306. The largest absolute Gasteiger partial charge is 1.00 e. The molecule has 12 heteroatoms. The van der Waals surface area contributed by atoms with Crippen molar-refractivity contribution in [3.63, 3.8) is 0 Å². The molecule has 0 aliphatic heterocycles. The molecule has 0 amide bonds. The first-order valence-electron chi connectivity index (χ1n) is 9.35. The van der Waals surface area contributed by atoms with E-state index < -0.39 is 21.7 Å². The molecular weight excluding hydrogens is 496 g/mol. The van der Waals surface area contributed by atoms with Crippen molar-refractivity contribution in [1.29, 1.82) is 0 Å². The Morgan fingerprint density at radius 1 is 1.27 bits per heavy atom. The molecule has 0 atom stereocenters. The van der Waals surface area contributed by atoms with Gasteiger partial charge in [-0.25, -0.2) is 27.3 Å². The first-order chi connectivity index (χ1) is 15.3. The van der Waals surface area contributed by atoms with Gasteiger partial charge in [-0.05, 0) is 37.2 Å². The number of halogens is 1. The molecule has 0 fully saturated rings. The molecule has 0 saturated heterocycles. The molecule has 2 heterocycles. The van der Waals surface area contributed by atoms with Crippen molar-refractivity contribution in [3.8, 4) is 10.9 Å². The number of fused-ring (bicyclic) bond motifs is 1. The molecule has 33 heavy (non-hydrogen) atoms. The van der Waals surface area contributed by atoms with Gasteiger partial charge in [0.25, 0.3) is 5.19 Å². The quantitative estimate of drug-likeness (QED) is 0.296. The van der Waals surface area contributed by atoms with Crippen LogP contribution in [0.2, 0.25) is 0 Å². The van der Waals surface area contributed by atoms with Crippen molar-refractivity contribution < 1.29 is 73.3 Å². The van der Waals surface area contributed by atoms with Crippen LogP contribution < -0.4 is 66.5 Å². The van der Waals surface area contributed by atoms with E-state index in [4.69, 9.17) is 9.15 Å². The third-order valence-corrected chi connectivity index (χ3v) is 6.38. The third kappa shape index (κ3) is 5.89. The summed E-state index contributed by atoms with van der Waals surface area (Å²) >= 11 is 1.33. The van der Waals surface area contributed by atoms with Crippen LogP contribution in [0.25, 0.3) is 15.7 Å². The van der Waals surface area contributed by atoms with Gasteiger partial charge in [0.15, 0.2) is 10.2 Å². The van der Waals surface area contributed by atoms with Gasteiger partial charge >= 0.3 is 57.0 Å². The summed E-state index contributed by atoms with van der Waals surface area (Å²) in [5.74, 6) is -0.355. The van der Waals surface area contributed by atoms with E-state index in [1.807, 2.05) is 4.72 Å². The molecule has 0 unspecified atom stereocenters. The summed E-state index contributed by atoms with van der Waals surface area (Å²) in [5.41, 5.74) is 0.376. The Morgan fingerprint density at radius 2 is 2.06 bits per heavy atom. The van der Waals surface area contributed by atoms with E-state index >= 15 is 0 Å². The summed E-state index contributed by atoms with van der Waals surface area (Å²) in [4.78, 5) is 16.7. The number of aromatic nitrogens is 1. The van der Waals surface area contributed by atoms with Crippen molar-refractivity contribution in [2.75, 3.05) is 7.05 Å². The van der Waals surface area contributed by atoms with Crippen LogP contribution in [-0.4, -0.2) is 20.4 Å². The Kier molecular flexibility index (Phi) is 8.45. The summed E-state index contributed by atoms with van der Waals surface area (Å²) in [6, 6.07) is 9.26. The number of aryl methyl sites for hydroxylation is 1. The second kappa shape index (κ2) is 10.7. The van der Waals surface area contributed by atoms with Crippen molar-refractivity contribution in [2.24, 2.45) is 0 Å². The molecule has 0 spiro atoms. The number of thiazole rings is 1. The van der Waals surface area contributed by atoms with Crippen molar-refractivity contribution in [3.05, 3.63) is 85.6 Å². The van der Waals surface area contributed by atoms with E-state index in [2.05, 4.69) is 9.71 Å². The molecule has 8 nitrogen and oxygen atoms in total. The maximum atomic E-state index is 14.9. The Hall–Kier alpha value is -1.64. The van der Waals surface area contributed by atoms with Crippen LogP contribution in [0.1, 0.15) is 16.7 Å². The average molecular weight is 514 g/mol. The molecule has 166 valence electrons. The van der Waals surface area contributed by atoms with Crippen LogP contribution in [-0.2, 0) is 16.6 Å². The van der Waals surface area contributed by atoms with Gasteiger partial charge in [-0.15, -0.1) is 0 Å². The molecule has 4 rings (SSSR count). The van der Waals surface area contributed by atoms with E-state index in [1.54, 1.807) is 36.7 Å². The number of benzene rings is 2. The summed E-state index contributed by atoms with van der Waals surface area (Å²) in [6.07, 6.45) is 1.53. The molecule has 0 aliphatic rings. The van der Waals surface area contributed by atoms with E-state index in [0.717, 1.165) is 0 Å². The monoisotopic (exact) mass is 513 g/mol. The third-order valence-electron chi connectivity index (χ3n) is 4.78. The number of nitrogens with one attached hydrogen (secondary N) is 1. The summed E-state index contributed by atoms with van der Waals surface area (Å²) in [6.45, 7) is 1.74. The zero-order valence-electron chi connectivity index (χ0n) is 18.0. The van der Waals surface area contributed by atoms with Gasteiger partial charge in [0.1, 0.15) is 17.1 Å². The summed E-state index contributed by atoms with van der Waals surface area (Å²) < 4.78 is 54.7. The van der Waals surface area contributed by atoms with E-state index in [1.165, 1.54) is 36.6 Å². The van der Waals surface area contributed by atoms with Crippen molar-refractivity contribution in [2.45, 2.75) is 13.3 Å². The van der Waals surface area contributed by atoms with Gasteiger partial charge in [0.05, 0.1) is 0 Å². The smallest absolute Gasteiger partial charge is 0.561 e. The van der Waals surface area contributed by atoms with Crippen LogP contribution in [0.3, 0.4) is 0 Å². The molecule has 4 aromatic rings. The fourth-order valence-corrected chi connectivity index (χ4v) is 4.14. The topological polar surface area (TPSA) is 113 Å². The fourth-order valence-electron chi connectivity index (χ4n) is 3.14. The number of ether oxygens (including phenoxy) is 1. The van der Waals surface area contributed by atoms with Gasteiger partial charge < -0.3 is 13.9 Å². The number of hydrogen-bond acceptors (Lipinski definition) is 7. The molecule has 0 aliphatic carbocycles. The standard InChI is InChI=1S/C21H17FN3O5S2.K/c1-12-15-7-6-14(29-21-24-8-9-31-21)11-18(15)30-20(26)16(12)10-13-4-3-5-17(19(13)22)25-32(27,28)23-2;/h3-9,11,23H,10H2,1-2H3;/q-1;+1. The Morgan fingerprint density at radius 3 is 2.76 bits per heavy atom. The summed E-state index contributed by atoms with van der Waals surface area (Å²) in [5, 5.41) is 2.91. The predicted octanol–water partition coefficient (Wildman–Crippen LogP) is 1.55. The number of nitrogens with zero attached hydrogens (tertiary/aromatic N) is 2. The van der Waals surface area contributed by atoms with Gasteiger partial charge in [-0.2, -0.15) is 0 Å². The van der Waals surface area contributed by atoms with Crippen LogP contribution in [0.5, 0.6) is 10.9 Å². The minimum absolute atomic E-state index is 0. The maximum Gasteiger partial charge on any atom is 1.00 e. The van der Waals surface area contributed by atoms with Crippen LogP contribution in [0.15, 0.2) is 57.2 Å². The first kappa shape index (κ1) is 26.0. The fraction of sp³-hybridized carbons (Fsp3) is 0.143. The molecule has 2 aromatic carbocycles. The second-order valence-corrected chi connectivity index (χ2v) is 9.15. The molecular formula is C21H17FKN3O5S2. The van der Waals surface area contributed by atoms with Crippen LogP contribution >= 0.6 is 11.3 Å². The Bertz CT molecular complexity index is 1460. The predicted molar refractivity (Wildman–Crippen MR) is 120 cm³/mol. The average Bonchev–Trinajstić information content (AvgIpc) is 3.26. The molecule has 0 radical (unpaired) electrons. The van der Waals surface area contributed by atoms with E-state index in [9.17, 15) is 17.6 Å². The SMILES string of the molecule is CNS(=O)(=O)[N-]c1cccc(Cc2c(C)c3ccc(Oc4nccs4)cc3oc2=O)c1F.[K+]. The zero-order chi connectivity index (χ0) is 22.9. The maximum absolute atomic E-state index is 14.9.